The molecule has 1 saturated carbocycles. The van der Waals surface area contributed by atoms with Gasteiger partial charge in [0.25, 0.3) is 0 Å². The largest absolute Gasteiger partial charge is 0.367 e. The van der Waals surface area contributed by atoms with Crippen molar-refractivity contribution in [3.05, 3.63) is 16.8 Å². The van der Waals surface area contributed by atoms with E-state index >= 15 is 0 Å². The molecule has 130 valence electrons. The minimum absolute atomic E-state index is 0.552. The maximum atomic E-state index is 4.63. The Morgan fingerprint density at radius 1 is 1.12 bits per heavy atom. The van der Waals surface area contributed by atoms with Gasteiger partial charge in [-0.2, -0.15) is 0 Å². The number of nitrogens with one attached hydrogen (secondary N) is 1. The standard InChI is InChI=1S/C19H28N4S/c1-12-4-9-16-15(10-12)17-18(20-11-21-19(17)24-16)22-13-5-7-14(8-6-13)23(2)3/h11-14H,4-10H2,1-3H3,(H,20,21,22)/t12-,13?,14?/m1/s1. The molecule has 0 radical (unpaired) electrons. The highest BCUT2D eigenvalue weighted by atomic mass is 32.1. The van der Waals surface area contributed by atoms with E-state index in [2.05, 4.69) is 41.2 Å². The second-order valence-electron chi connectivity index (χ2n) is 7.87. The lowest BCUT2D eigenvalue weighted by molar-refractivity contribution is 0.221. The topological polar surface area (TPSA) is 41.1 Å². The first-order valence-corrected chi connectivity index (χ1v) is 10.1. The lowest BCUT2D eigenvalue weighted by atomic mass is 9.88. The smallest absolute Gasteiger partial charge is 0.138 e. The first kappa shape index (κ1) is 16.3. The Morgan fingerprint density at radius 2 is 1.92 bits per heavy atom. The van der Waals surface area contributed by atoms with Crippen LogP contribution >= 0.6 is 11.3 Å². The molecule has 2 aromatic heterocycles. The normalized spacial score (nSPS) is 27.4. The molecule has 0 amide bonds. The molecule has 2 aromatic rings. The molecule has 5 heteroatoms. The van der Waals surface area contributed by atoms with Crippen LogP contribution in [-0.2, 0) is 12.8 Å². The number of aromatic nitrogens is 2. The van der Waals surface area contributed by atoms with Crippen molar-refractivity contribution in [1.29, 1.82) is 0 Å². The molecule has 2 aliphatic carbocycles. The van der Waals surface area contributed by atoms with E-state index in [1.54, 1.807) is 11.2 Å². The highest BCUT2D eigenvalue weighted by molar-refractivity contribution is 7.19. The van der Waals surface area contributed by atoms with Crippen molar-refractivity contribution < 1.29 is 0 Å². The van der Waals surface area contributed by atoms with Crippen molar-refractivity contribution in [1.82, 2.24) is 14.9 Å². The van der Waals surface area contributed by atoms with E-state index in [-0.39, 0.29) is 0 Å². The van der Waals surface area contributed by atoms with Gasteiger partial charge in [0.1, 0.15) is 17.0 Å². The third kappa shape index (κ3) is 3.04. The van der Waals surface area contributed by atoms with E-state index < -0.39 is 0 Å². The van der Waals surface area contributed by atoms with Gasteiger partial charge >= 0.3 is 0 Å². The van der Waals surface area contributed by atoms with E-state index in [0.29, 0.717) is 6.04 Å². The van der Waals surface area contributed by atoms with Crippen LogP contribution in [-0.4, -0.2) is 41.0 Å². The van der Waals surface area contributed by atoms with Crippen molar-refractivity contribution in [3.63, 3.8) is 0 Å². The van der Waals surface area contributed by atoms with Crippen LogP contribution in [0.3, 0.4) is 0 Å². The summed E-state index contributed by atoms with van der Waals surface area (Å²) in [6.45, 7) is 2.37. The van der Waals surface area contributed by atoms with E-state index in [1.165, 1.54) is 60.7 Å². The minimum atomic E-state index is 0.552. The van der Waals surface area contributed by atoms with Gasteiger partial charge in [-0.15, -0.1) is 11.3 Å². The first-order valence-electron chi connectivity index (χ1n) is 9.30. The average Bonchev–Trinajstić information content (AvgIpc) is 2.94. The molecule has 0 spiro atoms. The summed E-state index contributed by atoms with van der Waals surface area (Å²) in [5.41, 5.74) is 1.53. The van der Waals surface area contributed by atoms with Crippen molar-refractivity contribution in [2.24, 2.45) is 5.92 Å². The molecule has 1 atom stereocenters. The molecule has 1 N–H and O–H groups in total. The number of anilines is 1. The molecule has 0 saturated heterocycles. The zero-order chi connectivity index (χ0) is 16.7. The van der Waals surface area contributed by atoms with Crippen molar-refractivity contribution in [2.75, 3.05) is 19.4 Å². The fraction of sp³-hybridized carbons (Fsp3) is 0.684. The van der Waals surface area contributed by atoms with Gasteiger partial charge in [-0.05, 0) is 70.5 Å². The Balaban J connectivity index is 1.58. The Labute approximate surface area is 148 Å². The van der Waals surface area contributed by atoms with Crippen molar-refractivity contribution in [2.45, 2.75) is 64.0 Å². The molecule has 0 bridgehead atoms. The molecule has 0 aliphatic heterocycles. The van der Waals surface area contributed by atoms with E-state index in [1.807, 2.05) is 11.3 Å². The molecule has 24 heavy (non-hydrogen) atoms. The van der Waals surface area contributed by atoms with Gasteiger partial charge < -0.3 is 10.2 Å². The van der Waals surface area contributed by atoms with Gasteiger partial charge in [0.15, 0.2) is 0 Å². The summed E-state index contributed by atoms with van der Waals surface area (Å²) in [5, 5.41) is 5.09. The maximum absolute atomic E-state index is 4.63. The summed E-state index contributed by atoms with van der Waals surface area (Å²) in [5.74, 6) is 1.86. The lowest BCUT2D eigenvalue weighted by Crippen LogP contribution is -2.36. The monoisotopic (exact) mass is 344 g/mol. The Hall–Kier alpha value is -1.20. The van der Waals surface area contributed by atoms with E-state index in [0.717, 1.165) is 17.8 Å². The molecule has 4 rings (SSSR count). The van der Waals surface area contributed by atoms with Gasteiger partial charge in [-0.3, -0.25) is 0 Å². The molecule has 1 fully saturated rings. The first-order chi connectivity index (χ1) is 11.6. The predicted octanol–water partition coefficient (Wildman–Crippen LogP) is 4.10. The SMILES string of the molecule is C[C@@H]1CCc2sc3ncnc(NC4CCC(N(C)C)CC4)c3c2C1. The number of hydrogen-bond donors (Lipinski definition) is 1. The third-order valence-electron chi connectivity index (χ3n) is 5.86. The summed E-state index contributed by atoms with van der Waals surface area (Å²) in [7, 11) is 4.40. The lowest BCUT2D eigenvalue weighted by Gasteiger charge is -2.33. The summed E-state index contributed by atoms with van der Waals surface area (Å²) < 4.78 is 0. The fourth-order valence-corrected chi connectivity index (χ4v) is 5.51. The summed E-state index contributed by atoms with van der Waals surface area (Å²) in [4.78, 5) is 14.3. The zero-order valence-corrected chi connectivity index (χ0v) is 15.8. The average molecular weight is 345 g/mol. The highest BCUT2D eigenvalue weighted by Crippen LogP contribution is 2.40. The van der Waals surface area contributed by atoms with Crippen LogP contribution in [0, 0.1) is 5.92 Å². The molecular formula is C19H28N4S. The third-order valence-corrected chi connectivity index (χ3v) is 7.06. The van der Waals surface area contributed by atoms with Crippen LogP contribution in [0.15, 0.2) is 6.33 Å². The Kier molecular flexibility index (Phi) is 4.48. The second-order valence-corrected chi connectivity index (χ2v) is 8.95. The summed E-state index contributed by atoms with van der Waals surface area (Å²) >= 11 is 1.88. The van der Waals surface area contributed by atoms with Gasteiger partial charge in [-0.1, -0.05) is 6.92 Å². The van der Waals surface area contributed by atoms with Crippen LogP contribution in [0.5, 0.6) is 0 Å². The summed E-state index contributed by atoms with van der Waals surface area (Å²) in [6, 6.07) is 1.29. The number of thiophene rings is 1. The fourth-order valence-electron chi connectivity index (χ4n) is 4.32. The quantitative estimate of drug-likeness (QED) is 0.910. The predicted molar refractivity (Wildman–Crippen MR) is 102 cm³/mol. The number of fused-ring (bicyclic) bond motifs is 3. The van der Waals surface area contributed by atoms with Gasteiger partial charge in [0.2, 0.25) is 0 Å². The van der Waals surface area contributed by atoms with Gasteiger partial charge in [-0.25, -0.2) is 9.97 Å². The number of rotatable bonds is 3. The van der Waals surface area contributed by atoms with E-state index in [9.17, 15) is 0 Å². The molecule has 4 nitrogen and oxygen atoms in total. The second kappa shape index (κ2) is 6.60. The summed E-state index contributed by atoms with van der Waals surface area (Å²) in [6.07, 6.45) is 10.5. The highest BCUT2D eigenvalue weighted by Gasteiger charge is 2.26. The number of nitrogens with zero attached hydrogens (tertiary/aromatic N) is 3. The molecule has 2 aliphatic rings. The van der Waals surface area contributed by atoms with Crippen LogP contribution in [0.4, 0.5) is 5.82 Å². The van der Waals surface area contributed by atoms with Crippen LogP contribution in [0.1, 0.15) is 49.5 Å². The van der Waals surface area contributed by atoms with Gasteiger partial charge in [0.05, 0.1) is 5.39 Å². The minimum Gasteiger partial charge on any atom is -0.367 e. The Morgan fingerprint density at radius 3 is 2.67 bits per heavy atom. The van der Waals surface area contributed by atoms with Crippen LogP contribution in [0.25, 0.3) is 10.2 Å². The van der Waals surface area contributed by atoms with Crippen LogP contribution < -0.4 is 5.32 Å². The van der Waals surface area contributed by atoms with Crippen LogP contribution in [0.2, 0.25) is 0 Å². The zero-order valence-electron chi connectivity index (χ0n) is 15.0. The van der Waals surface area contributed by atoms with E-state index in [4.69, 9.17) is 0 Å². The van der Waals surface area contributed by atoms with Gasteiger partial charge in [0, 0.05) is 17.0 Å². The number of hydrogen-bond acceptors (Lipinski definition) is 5. The molecular weight excluding hydrogens is 316 g/mol. The molecule has 2 heterocycles. The Bertz CT molecular complexity index is 715. The maximum Gasteiger partial charge on any atom is 0.138 e. The van der Waals surface area contributed by atoms with Crippen molar-refractivity contribution >= 4 is 27.4 Å². The molecule has 0 unspecified atom stereocenters. The molecule has 0 aromatic carbocycles. The van der Waals surface area contributed by atoms with Crippen molar-refractivity contribution in [3.8, 4) is 0 Å². The number of aryl methyl sites for hydroxylation is 1.